The van der Waals surface area contributed by atoms with E-state index in [2.05, 4.69) is 39.2 Å². The maximum atomic E-state index is 12.7. The Labute approximate surface area is 195 Å². The number of carbonyl (C=O) groups is 1. The summed E-state index contributed by atoms with van der Waals surface area (Å²) >= 11 is 0. The van der Waals surface area contributed by atoms with Gasteiger partial charge in [-0.05, 0) is 50.1 Å². The minimum Gasteiger partial charge on any atom is -0.497 e. The zero-order valence-corrected chi connectivity index (χ0v) is 19.5. The molecule has 1 amide bonds. The Morgan fingerprint density at radius 1 is 0.970 bits per heavy atom. The summed E-state index contributed by atoms with van der Waals surface area (Å²) in [5.74, 6) is 3.42. The molecule has 1 aromatic heterocycles. The lowest BCUT2D eigenvalue weighted by Crippen LogP contribution is -2.49. The van der Waals surface area contributed by atoms with E-state index in [1.54, 1.807) is 7.11 Å². The summed E-state index contributed by atoms with van der Waals surface area (Å²) in [6.45, 7) is 6.89. The molecule has 2 heterocycles. The molecule has 33 heavy (non-hydrogen) atoms. The van der Waals surface area contributed by atoms with Gasteiger partial charge in [0.15, 0.2) is 0 Å². The zero-order valence-electron chi connectivity index (χ0n) is 19.5. The molecular formula is C26H31N5O2. The molecule has 0 saturated carbocycles. The Morgan fingerprint density at radius 2 is 1.67 bits per heavy atom. The number of methoxy groups -OCH3 is 1. The summed E-state index contributed by atoms with van der Waals surface area (Å²) in [4.78, 5) is 26.1. The maximum absolute atomic E-state index is 12.7. The van der Waals surface area contributed by atoms with Crippen molar-refractivity contribution in [3.05, 3.63) is 71.5 Å². The fourth-order valence-corrected chi connectivity index (χ4v) is 3.95. The summed E-state index contributed by atoms with van der Waals surface area (Å²) in [5.41, 5.74) is 3.36. The molecular weight excluding hydrogens is 414 g/mol. The SMILES string of the molecule is COc1ccc(CCC(=O)N2CCN(c3cc(Nc4ccc(C)cc4)nc(C)n3)CC2)cc1. The number of nitrogens with one attached hydrogen (secondary N) is 1. The van der Waals surface area contributed by atoms with Crippen LogP contribution in [0.3, 0.4) is 0 Å². The van der Waals surface area contributed by atoms with Gasteiger partial charge in [0.25, 0.3) is 0 Å². The molecule has 3 aromatic rings. The van der Waals surface area contributed by atoms with Crippen molar-refractivity contribution in [3.63, 3.8) is 0 Å². The van der Waals surface area contributed by atoms with Crippen LogP contribution in [0.4, 0.5) is 17.3 Å². The molecule has 1 aliphatic heterocycles. The number of rotatable bonds is 7. The van der Waals surface area contributed by atoms with Gasteiger partial charge in [-0.25, -0.2) is 9.97 Å². The summed E-state index contributed by atoms with van der Waals surface area (Å²) < 4.78 is 5.19. The summed E-state index contributed by atoms with van der Waals surface area (Å²) in [6.07, 6.45) is 1.26. The minimum atomic E-state index is 0.200. The Bertz CT molecular complexity index is 1070. The van der Waals surface area contributed by atoms with Crippen LogP contribution in [0.15, 0.2) is 54.6 Å². The Balaban J connectivity index is 1.31. The smallest absolute Gasteiger partial charge is 0.223 e. The summed E-state index contributed by atoms with van der Waals surface area (Å²) in [5, 5.41) is 3.37. The topological polar surface area (TPSA) is 70.6 Å². The molecule has 0 aliphatic carbocycles. The summed E-state index contributed by atoms with van der Waals surface area (Å²) in [7, 11) is 1.66. The fourth-order valence-electron chi connectivity index (χ4n) is 3.95. The van der Waals surface area contributed by atoms with Crippen molar-refractivity contribution in [2.45, 2.75) is 26.7 Å². The van der Waals surface area contributed by atoms with Crippen LogP contribution in [0.25, 0.3) is 0 Å². The second-order valence-corrected chi connectivity index (χ2v) is 8.37. The number of aryl methyl sites for hydroxylation is 3. The van der Waals surface area contributed by atoms with Gasteiger partial charge < -0.3 is 19.9 Å². The normalized spacial score (nSPS) is 13.7. The Morgan fingerprint density at radius 3 is 2.33 bits per heavy atom. The Hall–Kier alpha value is -3.61. The van der Waals surface area contributed by atoms with Crippen molar-refractivity contribution in [2.75, 3.05) is 43.5 Å². The van der Waals surface area contributed by atoms with E-state index >= 15 is 0 Å². The number of nitrogens with zero attached hydrogens (tertiary/aromatic N) is 4. The standard InChI is InChI=1S/C26H31N5O2/c1-19-4-9-22(10-5-19)29-24-18-25(28-20(2)27-24)30-14-16-31(17-15-30)26(32)13-8-21-6-11-23(33-3)12-7-21/h4-7,9-12,18H,8,13-17H2,1-3H3,(H,27,28,29). The highest BCUT2D eigenvalue weighted by molar-refractivity contribution is 5.76. The molecule has 0 radical (unpaired) electrons. The monoisotopic (exact) mass is 445 g/mol. The third kappa shape index (κ3) is 6.00. The molecule has 7 heteroatoms. The molecule has 2 aromatic carbocycles. The first-order valence-electron chi connectivity index (χ1n) is 11.4. The van der Waals surface area contributed by atoms with E-state index < -0.39 is 0 Å². The van der Waals surface area contributed by atoms with Crippen LogP contribution < -0.4 is 15.0 Å². The van der Waals surface area contributed by atoms with Crippen LogP contribution in [-0.4, -0.2) is 54.1 Å². The number of hydrogen-bond donors (Lipinski definition) is 1. The third-order valence-corrected chi connectivity index (χ3v) is 5.89. The molecule has 0 bridgehead atoms. The number of piperazine rings is 1. The summed E-state index contributed by atoms with van der Waals surface area (Å²) in [6, 6.07) is 18.1. The average Bonchev–Trinajstić information content (AvgIpc) is 2.84. The minimum absolute atomic E-state index is 0.200. The molecule has 0 spiro atoms. The van der Waals surface area contributed by atoms with Gasteiger partial charge in [0, 0.05) is 44.4 Å². The van der Waals surface area contributed by atoms with Gasteiger partial charge in [0.1, 0.15) is 23.2 Å². The lowest BCUT2D eigenvalue weighted by Gasteiger charge is -2.35. The number of carbonyl (C=O) groups excluding carboxylic acids is 1. The van der Waals surface area contributed by atoms with Crippen molar-refractivity contribution in [2.24, 2.45) is 0 Å². The second kappa shape index (κ2) is 10.3. The van der Waals surface area contributed by atoms with Crippen molar-refractivity contribution >= 4 is 23.2 Å². The highest BCUT2D eigenvalue weighted by Gasteiger charge is 2.22. The molecule has 172 valence electrons. The largest absolute Gasteiger partial charge is 0.497 e. The zero-order chi connectivity index (χ0) is 23.2. The number of anilines is 3. The van der Waals surface area contributed by atoms with Crippen molar-refractivity contribution in [1.29, 1.82) is 0 Å². The van der Waals surface area contributed by atoms with E-state index in [-0.39, 0.29) is 5.91 Å². The van der Waals surface area contributed by atoms with Gasteiger partial charge in [-0.2, -0.15) is 0 Å². The fraction of sp³-hybridized carbons (Fsp3) is 0.346. The van der Waals surface area contributed by atoms with Crippen LogP contribution >= 0.6 is 0 Å². The third-order valence-electron chi connectivity index (χ3n) is 5.89. The highest BCUT2D eigenvalue weighted by atomic mass is 16.5. The number of amides is 1. The first kappa shape index (κ1) is 22.6. The van der Waals surface area contributed by atoms with Crippen molar-refractivity contribution in [3.8, 4) is 5.75 Å². The lowest BCUT2D eigenvalue weighted by molar-refractivity contribution is -0.131. The predicted molar refractivity (Wildman–Crippen MR) is 131 cm³/mol. The maximum Gasteiger partial charge on any atom is 0.223 e. The van der Waals surface area contributed by atoms with Gasteiger partial charge >= 0.3 is 0 Å². The first-order valence-corrected chi connectivity index (χ1v) is 11.4. The van der Waals surface area contributed by atoms with Crippen LogP contribution in [0.2, 0.25) is 0 Å². The first-order chi connectivity index (χ1) is 16.0. The average molecular weight is 446 g/mol. The van der Waals surface area contributed by atoms with E-state index in [0.717, 1.165) is 54.0 Å². The van der Waals surface area contributed by atoms with Crippen molar-refractivity contribution < 1.29 is 9.53 Å². The quantitative estimate of drug-likeness (QED) is 0.590. The molecule has 1 aliphatic rings. The van der Waals surface area contributed by atoms with Crippen LogP contribution in [0.1, 0.15) is 23.4 Å². The lowest BCUT2D eigenvalue weighted by atomic mass is 10.1. The second-order valence-electron chi connectivity index (χ2n) is 8.37. The predicted octanol–water partition coefficient (Wildman–Crippen LogP) is 4.13. The van der Waals surface area contributed by atoms with Crippen LogP contribution in [0.5, 0.6) is 5.75 Å². The van der Waals surface area contributed by atoms with Gasteiger partial charge in [0.05, 0.1) is 7.11 Å². The van der Waals surface area contributed by atoms with Crippen LogP contribution in [-0.2, 0) is 11.2 Å². The van der Waals surface area contributed by atoms with E-state index in [9.17, 15) is 4.79 Å². The van der Waals surface area contributed by atoms with E-state index in [1.807, 2.05) is 54.3 Å². The number of ether oxygens (including phenoxy) is 1. The molecule has 4 rings (SSSR count). The van der Waals surface area contributed by atoms with Gasteiger partial charge in [-0.3, -0.25) is 4.79 Å². The van der Waals surface area contributed by atoms with E-state index in [0.29, 0.717) is 19.5 Å². The number of hydrogen-bond acceptors (Lipinski definition) is 6. The van der Waals surface area contributed by atoms with Gasteiger partial charge in [-0.15, -0.1) is 0 Å². The van der Waals surface area contributed by atoms with Gasteiger partial charge in [0.2, 0.25) is 5.91 Å². The molecule has 7 nitrogen and oxygen atoms in total. The van der Waals surface area contributed by atoms with E-state index in [1.165, 1.54) is 5.56 Å². The number of aromatic nitrogens is 2. The molecule has 1 N–H and O–H groups in total. The Kier molecular flexibility index (Phi) is 7.07. The number of benzene rings is 2. The van der Waals surface area contributed by atoms with Gasteiger partial charge in [-0.1, -0.05) is 29.8 Å². The van der Waals surface area contributed by atoms with Crippen molar-refractivity contribution in [1.82, 2.24) is 14.9 Å². The van der Waals surface area contributed by atoms with Crippen LogP contribution in [0, 0.1) is 13.8 Å². The molecule has 0 unspecified atom stereocenters. The van der Waals surface area contributed by atoms with E-state index in [4.69, 9.17) is 4.74 Å². The molecule has 1 fully saturated rings. The highest BCUT2D eigenvalue weighted by Crippen LogP contribution is 2.22. The molecule has 0 atom stereocenters. The molecule has 1 saturated heterocycles.